The van der Waals surface area contributed by atoms with Crippen LogP contribution in [0.2, 0.25) is 0 Å². The second-order valence-electron chi connectivity index (χ2n) is 3.18. The third-order valence-corrected chi connectivity index (χ3v) is 1.52. The van der Waals surface area contributed by atoms with Crippen molar-refractivity contribution >= 4 is 13.8 Å². The minimum atomic E-state index is -4.62. The highest BCUT2D eigenvalue weighted by Crippen LogP contribution is 2.43. The Bertz CT molecular complexity index is 216. The van der Waals surface area contributed by atoms with Gasteiger partial charge in [0.15, 0.2) is 0 Å². The Balaban J connectivity index is 4.30. The summed E-state index contributed by atoms with van der Waals surface area (Å²) < 4.78 is 17.5. The summed E-state index contributed by atoms with van der Waals surface area (Å²) in [5.41, 5.74) is -0.920. The van der Waals surface area contributed by atoms with Crippen molar-refractivity contribution < 1.29 is 28.7 Å². The molecule has 0 rings (SSSR count). The van der Waals surface area contributed by atoms with Crippen LogP contribution in [0.4, 0.5) is 0 Å². The lowest BCUT2D eigenvalue weighted by Gasteiger charge is -2.16. The summed E-state index contributed by atoms with van der Waals surface area (Å²) in [6.07, 6.45) is 0. The Kier molecular flexibility index (Phi) is 3.41. The van der Waals surface area contributed by atoms with Crippen molar-refractivity contribution in [2.45, 2.75) is 20.8 Å². The quantitative estimate of drug-likeness (QED) is 0.393. The molecule has 0 aliphatic rings. The van der Waals surface area contributed by atoms with Gasteiger partial charge in [-0.15, -0.1) is 4.67 Å². The minimum Gasteiger partial charge on any atom is -0.369 e. The van der Waals surface area contributed by atoms with Gasteiger partial charge in [-0.2, -0.15) is 0 Å². The van der Waals surface area contributed by atoms with Gasteiger partial charge in [-0.25, -0.2) is 9.82 Å². The number of hydrogen-bond acceptors (Lipinski definition) is 5. The fraction of sp³-hybridized carbons (Fsp3) is 0.800. The zero-order chi connectivity index (χ0) is 9.99. The van der Waals surface area contributed by atoms with Crippen molar-refractivity contribution in [3.8, 4) is 0 Å². The van der Waals surface area contributed by atoms with Crippen LogP contribution in [0.25, 0.3) is 0 Å². The molecule has 0 spiro atoms. The number of phosphoric ester groups is 1. The predicted octanol–water partition coefficient (Wildman–Crippen LogP) is 1.17. The average molecular weight is 198 g/mol. The largest absolute Gasteiger partial charge is 0.557 e. The second kappa shape index (κ2) is 3.53. The molecule has 0 amide bonds. The Labute approximate surface area is 69.7 Å². The van der Waals surface area contributed by atoms with Crippen LogP contribution in [0.1, 0.15) is 20.8 Å². The van der Waals surface area contributed by atoms with E-state index in [2.05, 4.69) is 9.20 Å². The van der Waals surface area contributed by atoms with Crippen molar-refractivity contribution in [1.29, 1.82) is 0 Å². The molecule has 1 unspecified atom stereocenters. The van der Waals surface area contributed by atoms with Crippen LogP contribution in [0, 0.1) is 5.41 Å². The second-order valence-corrected chi connectivity index (χ2v) is 4.46. The monoisotopic (exact) mass is 198 g/mol. The van der Waals surface area contributed by atoms with Gasteiger partial charge >= 0.3 is 13.8 Å². The van der Waals surface area contributed by atoms with Crippen LogP contribution in [0.15, 0.2) is 0 Å². The Morgan fingerprint density at radius 1 is 1.42 bits per heavy atom. The highest BCUT2D eigenvalue weighted by molar-refractivity contribution is 7.47. The van der Waals surface area contributed by atoms with E-state index in [1.165, 1.54) is 20.8 Å². The smallest absolute Gasteiger partial charge is 0.369 e. The van der Waals surface area contributed by atoms with Crippen LogP contribution >= 0.6 is 7.82 Å². The van der Waals surface area contributed by atoms with E-state index in [1.54, 1.807) is 0 Å². The van der Waals surface area contributed by atoms with Gasteiger partial charge in [0.1, 0.15) is 0 Å². The molecule has 0 aromatic carbocycles. The van der Waals surface area contributed by atoms with Gasteiger partial charge in [0, 0.05) is 0 Å². The van der Waals surface area contributed by atoms with Gasteiger partial charge in [0.25, 0.3) is 0 Å². The summed E-state index contributed by atoms with van der Waals surface area (Å²) in [5.74, 6) is -0.928. The average Bonchev–Trinajstić information content (AvgIpc) is 1.85. The molecule has 0 saturated heterocycles. The van der Waals surface area contributed by atoms with Gasteiger partial charge in [-0.1, -0.05) is 0 Å². The Morgan fingerprint density at radius 2 is 1.83 bits per heavy atom. The molecule has 6 nitrogen and oxygen atoms in total. The van der Waals surface area contributed by atoms with Crippen molar-refractivity contribution in [3.63, 3.8) is 0 Å². The number of carbonyl (C=O) groups is 1. The minimum absolute atomic E-state index is 0.920. The molecule has 0 aliphatic carbocycles. The van der Waals surface area contributed by atoms with Gasteiger partial charge in [0.2, 0.25) is 0 Å². The molecule has 0 bridgehead atoms. The first-order valence-electron chi connectivity index (χ1n) is 3.09. The fourth-order valence-electron chi connectivity index (χ4n) is 0.258. The zero-order valence-corrected chi connectivity index (χ0v) is 7.87. The van der Waals surface area contributed by atoms with Gasteiger partial charge < -0.3 is 4.52 Å². The molecule has 7 heteroatoms. The van der Waals surface area contributed by atoms with E-state index in [-0.39, 0.29) is 0 Å². The molecule has 1 atom stereocenters. The lowest BCUT2D eigenvalue weighted by Crippen LogP contribution is -2.22. The summed E-state index contributed by atoms with van der Waals surface area (Å²) >= 11 is 0. The van der Waals surface area contributed by atoms with Gasteiger partial charge in [-0.3, -0.25) is 9.69 Å². The van der Waals surface area contributed by atoms with Crippen LogP contribution < -0.4 is 0 Å². The molecule has 72 valence electrons. The van der Waals surface area contributed by atoms with Crippen LogP contribution in [0.5, 0.6) is 0 Å². The summed E-state index contributed by atoms with van der Waals surface area (Å²) in [7, 11) is -4.62. The van der Waals surface area contributed by atoms with Crippen molar-refractivity contribution in [2.24, 2.45) is 5.41 Å². The van der Waals surface area contributed by atoms with Crippen molar-refractivity contribution in [1.82, 2.24) is 0 Å². The molecule has 0 radical (unpaired) electrons. The standard InChI is InChI=1S/C5H11O6P/c1-5(2,3)4(6)10-12(8,9)11-7/h7H,1-3H3,(H,8,9). The first-order valence-corrected chi connectivity index (χ1v) is 4.58. The van der Waals surface area contributed by atoms with Gasteiger partial charge in [0.05, 0.1) is 5.41 Å². The number of carbonyl (C=O) groups excluding carboxylic acids is 1. The molecule has 0 saturated carbocycles. The van der Waals surface area contributed by atoms with E-state index in [0.29, 0.717) is 0 Å². The van der Waals surface area contributed by atoms with Crippen LogP contribution in [0.3, 0.4) is 0 Å². The van der Waals surface area contributed by atoms with Crippen LogP contribution in [-0.2, 0) is 18.6 Å². The van der Waals surface area contributed by atoms with Crippen molar-refractivity contribution in [3.05, 3.63) is 0 Å². The highest BCUT2D eigenvalue weighted by Gasteiger charge is 2.33. The summed E-state index contributed by atoms with van der Waals surface area (Å²) in [6.45, 7) is 4.48. The number of phosphoric acid groups is 1. The first-order chi connectivity index (χ1) is 5.19. The lowest BCUT2D eigenvalue weighted by molar-refractivity contribution is -0.172. The highest BCUT2D eigenvalue weighted by atomic mass is 31.2. The van der Waals surface area contributed by atoms with E-state index >= 15 is 0 Å². The molecule has 0 aromatic heterocycles. The molecule has 0 heterocycles. The fourth-order valence-corrected chi connectivity index (χ4v) is 0.775. The summed E-state index contributed by atoms with van der Waals surface area (Å²) in [6, 6.07) is 0. The third kappa shape index (κ3) is 3.82. The molecule has 12 heavy (non-hydrogen) atoms. The molecular formula is C5H11O6P. The topological polar surface area (TPSA) is 93.1 Å². The van der Waals surface area contributed by atoms with E-state index in [4.69, 9.17) is 10.2 Å². The maximum absolute atomic E-state index is 10.9. The number of hydrogen-bond donors (Lipinski definition) is 2. The maximum Gasteiger partial charge on any atom is 0.557 e. The van der Waals surface area contributed by atoms with E-state index < -0.39 is 19.2 Å². The molecular weight excluding hydrogens is 187 g/mol. The Hall–Kier alpha value is -0.420. The first kappa shape index (κ1) is 11.6. The molecule has 2 N–H and O–H groups in total. The van der Waals surface area contributed by atoms with Crippen molar-refractivity contribution in [2.75, 3.05) is 0 Å². The van der Waals surface area contributed by atoms with E-state index in [1.807, 2.05) is 0 Å². The predicted molar refractivity (Wildman–Crippen MR) is 39.1 cm³/mol. The Morgan fingerprint density at radius 3 is 2.08 bits per heavy atom. The van der Waals surface area contributed by atoms with E-state index in [0.717, 1.165) is 0 Å². The third-order valence-electron chi connectivity index (χ3n) is 0.914. The summed E-state index contributed by atoms with van der Waals surface area (Å²) in [4.78, 5) is 19.4. The summed E-state index contributed by atoms with van der Waals surface area (Å²) in [5, 5.41) is 7.82. The normalized spacial score (nSPS) is 16.8. The van der Waals surface area contributed by atoms with E-state index in [9.17, 15) is 9.36 Å². The molecule has 0 aliphatic heterocycles. The lowest BCUT2D eigenvalue weighted by atomic mass is 9.98. The SMILES string of the molecule is CC(C)(C)C(=O)OP(=O)(O)OO. The number of rotatable bonds is 2. The maximum atomic E-state index is 10.9. The van der Waals surface area contributed by atoms with Crippen LogP contribution in [-0.4, -0.2) is 16.1 Å². The molecule has 0 fully saturated rings. The van der Waals surface area contributed by atoms with Gasteiger partial charge in [-0.05, 0) is 20.8 Å². The molecule has 0 aromatic rings. The zero-order valence-electron chi connectivity index (χ0n) is 6.97.